The molecule has 1 aliphatic carbocycles. The minimum absolute atomic E-state index is 0.255. The van der Waals surface area contributed by atoms with Gasteiger partial charge in [0.05, 0.1) is 5.25 Å². The lowest BCUT2D eigenvalue weighted by Crippen LogP contribution is -2.22. The first-order valence-corrected chi connectivity index (χ1v) is 8.11. The smallest absolute Gasteiger partial charge is 0.0539 e. The molecule has 1 aliphatic rings. The largest absolute Gasteiger partial charge is 0.327 e. The van der Waals surface area contributed by atoms with Gasteiger partial charge in [0.1, 0.15) is 0 Å². The minimum Gasteiger partial charge on any atom is -0.327 e. The van der Waals surface area contributed by atoms with E-state index in [1.807, 2.05) is 11.3 Å². The molecule has 0 aromatic carbocycles. The number of hydrogen-bond acceptors (Lipinski definition) is 3. The predicted octanol–water partition coefficient (Wildman–Crippen LogP) is 4.06. The highest BCUT2D eigenvalue weighted by Crippen LogP contribution is 2.38. The third-order valence-corrected chi connectivity index (χ3v) is 6.10. The number of thiophene rings is 1. The number of hydrogen-bond donors (Lipinski definition) is 1. The maximum Gasteiger partial charge on any atom is 0.0539 e. The Kier molecular flexibility index (Phi) is 4.74. The van der Waals surface area contributed by atoms with E-state index in [0.717, 1.165) is 5.92 Å². The topological polar surface area (TPSA) is 26.0 Å². The molecule has 1 aromatic heterocycles. The van der Waals surface area contributed by atoms with E-state index in [4.69, 9.17) is 5.73 Å². The molecule has 1 saturated carbocycles. The molecule has 1 heterocycles. The van der Waals surface area contributed by atoms with Crippen molar-refractivity contribution in [2.24, 2.45) is 11.7 Å². The standard InChI is InChI=1S/C13H21NS2/c1-10(14)13(12-7-4-8-15-12)16-9-11-5-2-3-6-11/h4,7-8,10-11,13H,2-3,5-6,9,14H2,1H3. The van der Waals surface area contributed by atoms with Crippen LogP contribution in [-0.2, 0) is 0 Å². The van der Waals surface area contributed by atoms with Crippen molar-refractivity contribution in [2.45, 2.75) is 43.9 Å². The molecule has 0 spiro atoms. The van der Waals surface area contributed by atoms with Crippen molar-refractivity contribution in [3.8, 4) is 0 Å². The maximum absolute atomic E-state index is 6.10. The van der Waals surface area contributed by atoms with Crippen molar-refractivity contribution in [3.05, 3.63) is 22.4 Å². The maximum atomic E-state index is 6.10. The molecule has 90 valence electrons. The summed E-state index contributed by atoms with van der Waals surface area (Å²) in [5.41, 5.74) is 6.10. The average Bonchev–Trinajstić information content (AvgIpc) is 2.88. The minimum atomic E-state index is 0.255. The molecule has 0 aliphatic heterocycles. The van der Waals surface area contributed by atoms with Crippen LogP contribution in [0.5, 0.6) is 0 Å². The molecule has 2 unspecified atom stereocenters. The summed E-state index contributed by atoms with van der Waals surface area (Å²) in [6, 6.07) is 4.61. The molecule has 16 heavy (non-hydrogen) atoms. The number of rotatable bonds is 5. The first-order chi connectivity index (χ1) is 7.77. The van der Waals surface area contributed by atoms with E-state index in [1.165, 1.54) is 36.3 Å². The van der Waals surface area contributed by atoms with Crippen molar-refractivity contribution in [1.29, 1.82) is 0 Å². The van der Waals surface area contributed by atoms with Crippen molar-refractivity contribution < 1.29 is 0 Å². The highest BCUT2D eigenvalue weighted by Gasteiger charge is 2.21. The first kappa shape index (κ1) is 12.5. The van der Waals surface area contributed by atoms with Gasteiger partial charge < -0.3 is 5.73 Å². The highest BCUT2D eigenvalue weighted by atomic mass is 32.2. The van der Waals surface area contributed by atoms with Crippen LogP contribution in [0, 0.1) is 5.92 Å². The molecule has 1 nitrogen and oxygen atoms in total. The second-order valence-corrected chi connectivity index (χ2v) is 6.93. The fourth-order valence-corrected chi connectivity index (χ4v) is 4.91. The van der Waals surface area contributed by atoms with Crippen molar-refractivity contribution in [1.82, 2.24) is 0 Å². The van der Waals surface area contributed by atoms with Gasteiger partial charge >= 0.3 is 0 Å². The van der Waals surface area contributed by atoms with E-state index in [0.29, 0.717) is 5.25 Å². The van der Waals surface area contributed by atoms with Gasteiger partial charge in [0.15, 0.2) is 0 Å². The Labute approximate surface area is 107 Å². The highest BCUT2D eigenvalue weighted by molar-refractivity contribution is 7.99. The van der Waals surface area contributed by atoms with Crippen LogP contribution in [-0.4, -0.2) is 11.8 Å². The monoisotopic (exact) mass is 255 g/mol. The lowest BCUT2D eigenvalue weighted by Gasteiger charge is -2.20. The molecule has 2 N–H and O–H groups in total. The van der Waals surface area contributed by atoms with E-state index >= 15 is 0 Å². The molecule has 3 heteroatoms. The SMILES string of the molecule is CC(N)C(SCC1CCCC1)c1cccs1. The van der Waals surface area contributed by atoms with Gasteiger partial charge in [-0.2, -0.15) is 11.8 Å². The van der Waals surface area contributed by atoms with Crippen molar-refractivity contribution in [3.63, 3.8) is 0 Å². The average molecular weight is 255 g/mol. The molecule has 2 rings (SSSR count). The Hall–Kier alpha value is 0.01000. The Bertz CT molecular complexity index is 289. The van der Waals surface area contributed by atoms with Gasteiger partial charge in [0.25, 0.3) is 0 Å². The normalized spacial score (nSPS) is 21.1. The van der Waals surface area contributed by atoms with Crippen molar-refractivity contribution in [2.75, 3.05) is 5.75 Å². The van der Waals surface area contributed by atoms with E-state index in [2.05, 4.69) is 36.2 Å². The lowest BCUT2D eigenvalue weighted by molar-refractivity contribution is 0.619. The van der Waals surface area contributed by atoms with Gasteiger partial charge in [-0.3, -0.25) is 0 Å². The van der Waals surface area contributed by atoms with Crippen LogP contribution in [0.4, 0.5) is 0 Å². The zero-order chi connectivity index (χ0) is 11.4. The van der Waals surface area contributed by atoms with E-state index in [9.17, 15) is 0 Å². The summed E-state index contributed by atoms with van der Waals surface area (Å²) in [6.45, 7) is 2.13. The Morgan fingerprint density at radius 1 is 1.50 bits per heavy atom. The summed E-state index contributed by atoms with van der Waals surface area (Å²) < 4.78 is 0. The second kappa shape index (κ2) is 6.08. The zero-order valence-corrected chi connectivity index (χ0v) is 11.5. The third kappa shape index (κ3) is 3.25. The molecule has 0 bridgehead atoms. The lowest BCUT2D eigenvalue weighted by atomic mass is 10.1. The Balaban J connectivity index is 1.88. The number of nitrogens with two attached hydrogens (primary N) is 1. The quantitative estimate of drug-likeness (QED) is 0.858. The van der Waals surface area contributed by atoms with E-state index in [1.54, 1.807) is 0 Å². The van der Waals surface area contributed by atoms with Gasteiger partial charge in [-0.05, 0) is 42.9 Å². The molecule has 1 fully saturated rings. The summed E-state index contributed by atoms with van der Waals surface area (Å²) in [4.78, 5) is 1.44. The molecule has 2 atom stereocenters. The number of thioether (sulfide) groups is 1. The summed E-state index contributed by atoms with van der Waals surface area (Å²) in [5.74, 6) is 2.25. The first-order valence-electron chi connectivity index (χ1n) is 6.18. The molecule has 0 saturated heterocycles. The second-order valence-electron chi connectivity index (χ2n) is 4.78. The third-order valence-electron chi connectivity index (χ3n) is 3.29. The van der Waals surface area contributed by atoms with Crippen LogP contribution >= 0.6 is 23.1 Å². The van der Waals surface area contributed by atoms with Gasteiger partial charge in [-0.1, -0.05) is 18.9 Å². The van der Waals surface area contributed by atoms with Gasteiger partial charge in [-0.25, -0.2) is 0 Å². The van der Waals surface area contributed by atoms with Crippen LogP contribution in [0.1, 0.15) is 42.7 Å². The zero-order valence-electron chi connectivity index (χ0n) is 9.89. The summed E-state index contributed by atoms with van der Waals surface area (Å²) in [6.07, 6.45) is 5.74. The van der Waals surface area contributed by atoms with Crippen LogP contribution in [0.2, 0.25) is 0 Å². The van der Waals surface area contributed by atoms with Crippen LogP contribution in [0.25, 0.3) is 0 Å². The molecule has 1 aromatic rings. The molecule has 0 radical (unpaired) electrons. The van der Waals surface area contributed by atoms with Crippen molar-refractivity contribution >= 4 is 23.1 Å². The Morgan fingerprint density at radius 3 is 2.81 bits per heavy atom. The van der Waals surface area contributed by atoms with Gasteiger partial charge in [-0.15, -0.1) is 11.3 Å². The molecule has 0 amide bonds. The summed E-state index contributed by atoms with van der Waals surface area (Å²) in [7, 11) is 0. The van der Waals surface area contributed by atoms with E-state index < -0.39 is 0 Å². The fourth-order valence-electron chi connectivity index (χ4n) is 2.36. The fraction of sp³-hybridized carbons (Fsp3) is 0.692. The van der Waals surface area contributed by atoms with Gasteiger partial charge in [0, 0.05) is 10.9 Å². The summed E-state index contributed by atoms with van der Waals surface area (Å²) >= 11 is 3.91. The van der Waals surface area contributed by atoms with Crippen LogP contribution < -0.4 is 5.73 Å². The predicted molar refractivity (Wildman–Crippen MR) is 75.1 cm³/mol. The van der Waals surface area contributed by atoms with Crippen LogP contribution in [0.15, 0.2) is 17.5 Å². The summed E-state index contributed by atoms with van der Waals surface area (Å²) in [5, 5.41) is 2.65. The van der Waals surface area contributed by atoms with Crippen LogP contribution in [0.3, 0.4) is 0 Å². The van der Waals surface area contributed by atoms with E-state index in [-0.39, 0.29) is 6.04 Å². The molecular weight excluding hydrogens is 234 g/mol. The Morgan fingerprint density at radius 2 is 2.25 bits per heavy atom. The molecular formula is C13H21NS2. The van der Waals surface area contributed by atoms with Gasteiger partial charge in [0.2, 0.25) is 0 Å².